The Labute approximate surface area is 635 Å². The monoisotopic (exact) mass is 1560 g/mol. The lowest BCUT2D eigenvalue weighted by atomic mass is 9.32. The lowest BCUT2D eigenvalue weighted by Gasteiger charge is -2.73. The molecule has 0 aromatic heterocycles. The van der Waals surface area contributed by atoms with Crippen molar-refractivity contribution >= 4 is 29.8 Å². The third kappa shape index (κ3) is 17.0. The molecule has 33 heteroatoms. The van der Waals surface area contributed by atoms with Crippen LogP contribution in [0.5, 0.6) is 0 Å². The number of hydrogen-bond donors (Lipinski definition) is 15. The molecular formula is C76H122O33. The summed E-state index contributed by atoms with van der Waals surface area (Å²) < 4.78 is 76.6. The summed E-state index contributed by atoms with van der Waals surface area (Å²) in [7, 11) is 0. The average molecular weight is 1560 g/mol. The van der Waals surface area contributed by atoms with E-state index in [9.17, 15) is 95.8 Å². The van der Waals surface area contributed by atoms with Gasteiger partial charge in [0.25, 0.3) is 0 Å². The molecule has 33 nitrogen and oxygen atoms in total. The van der Waals surface area contributed by atoms with Crippen molar-refractivity contribution in [3.05, 3.63) is 11.6 Å². The van der Waals surface area contributed by atoms with Gasteiger partial charge in [-0.1, -0.05) is 53.2 Å². The molecular weight excluding hydrogens is 1440 g/mol. The zero-order chi connectivity index (χ0) is 80.6. The Hall–Kier alpha value is -3.83. The fourth-order valence-corrected chi connectivity index (χ4v) is 20.9. The molecule has 39 atom stereocenters. The highest BCUT2D eigenvalue weighted by atomic mass is 16.8. The summed E-state index contributed by atoms with van der Waals surface area (Å²) in [6.07, 6.45) is -41.9. The van der Waals surface area contributed by atoms with Crippen LogP contribution in [0, 0.1) is 56.2 Å². The highest BCUT2D eigenvalue weighted by Crippen LogP contribution is 2.77. The van der Waals surface area contributed by atoms with Gasteiger partial charge in [-0.3, -0.25) is 24.0 Å². The number of allylic oxidation sites excluding steroid dienone is 2. The molecule has 624 valence electrons. The van der Waals surface area contributed by atoms with Crippen LogP contribution in [0.25, 0.3) is 0 Å². The normalized spacial score (nSPS) is 48.0. The van der Waals surface area contributed by atoms with E-state index in [1.807, 2.05) is 6.92 Å². The summed E-state index contributed by atoms with van der Waals surface area (Å²) in [6, 6.07) is 0. The Morgan fingerprint density at radius 1 is 0.505 bits per heavy atom. The largest absolute Gasteiger partial charge is 0.462 e. The van der Waals surface area contributed by atoms with E-state index >= 15 is 4.79 Å². The predicted molar refractivity (Wildman–Crippen MR) is 372 cm³/mol. The van der Waals surface area contributed by atoms with E-state index in [0.29, 0.717) is 32.1 Å². The van der Waals surface area contributed by atoms with Crippen LogP contribution in [0.4, 0.5) is 0 Å². The van der Waals surface area contributed by atoms with Crippen molar-refractivity contribution in [3.63, 3.8) is 0 Å². The van der Waals surface area contributed by atoms with E-state index in [1.54, 1.807) is 6.92 Å². The number of carbonyl (C=O) groups is 5. The van der Waals surface area contributed by atoms with Crippen LogP contribution >= 0.6 is 0 Å². The molecule has 10 rings (SSSR count). The SMILES string of the molecule is CC(O)CC(=O)OC(C)CC(=O)OC(C)CC(=O)OC(C)CC(=O)O[C@@H]1[C@H](O)[C@@H](O[C@@H]2O[C@@H](C)[C@H](O[C@@H]3OC[C@@H](O)[C@H](O[C@@H]4O[C@@H](C)[C@H](O)[C@@H](O)[C@H]4O)[C@H]3O)[C@@H](O)[C@H]2O)[C@H](OC(=O)[C@]23CCC(C)(C)C[C@@H]2C2=CC[C@@H]4[C@@]5(C)C[C@H](O)[C@H]([C@@H]6O[C@@H](C)[C@H](O)[C@@H](O)[C@H]6O)[C@@](C)(CCO)[C@@H]5CC[C@@]4(C)[C@]2(C)C[C@H]3O)O[C@@H]1C. The Morgan fingerprint density at radius 2 is 1.03 bits per heavy atom. The van der Waals surface area contributed by atoms with Gasteiger partial charge in [-0.05, 0) is 158 Å². The van der Waals surface area contributed by atoms with Crippen LogP contribution < -0.4 is 0 Å². The molecule has 0 amide bonds. The van der Waals surface area contributed by atoms with Crippen molar-refractivity contribution in [3.8, 4) is 0 Å². The Kier molecular flexibility index (Phi) is 27.1. The summed E-state index contributed by atoms with van der Waals surface area (Å²) in [4.78, 5) is 67.8. The number of aliphatic hydroxyl groups is 15. The number of carbonyl (C=O) groups excluding carboxylic acids is 5. The zero-order valence-electron chi connectivity index (χ0n) is 64.9. The summed E-state index contributed by atoms with van der Waals surface area (Å²) in [5.41, 5.74) is -4.03. The highest BCUT2D eigenvalue weighted by molar-refractivity contribution is 5.80. The first-order chi connectivity index (χ1) is 50.8. The van der Waals surface area contributed by atoms with E-state index in [0.717, 1.165) is 5.57 Å². The third-order valence-electron chi connectivity index (χ3n) is 26.8. The van der Waals surface area contributed by atoms with Crippen LogP contribution in [0.1, 0.15) is 180 Å². The fourth-order valence-electron chi connectivity index (χ4n) is 20.9. The molecule has 4 saturated carbocycles. The Morgan fingerprint density at radius 3 is 1.62 bits per heavy atom. The maximum atomic E-state index is 16.1. The molecule has 0 spiro atoms. The number of ether oxygens (including phenoxy) is 13. The first-order valence-corrected chi connectivity index (χ1v) is 38.8. The molecule has 0 aromatic carbocycles. The van der Waals surface area contributed by atoms with Crippen molar-refractivity contribution < 1.29 is 162 Å². The van der Waals surface area contributed by atoms with E-state index in [2.05, 4.69) is 40.7 Å². The minimum atomic E-state index is -2.13. The Bertz CT molecular complexity index is 3190. The van der Waals surface area contributed by atoms with Gasteiger partial charge in [0, 0.05) is 12.5 Å². The summed E-state index contributed by atoms with van der Waals surface area (Å²) in [5.74, 6) is -6.12. The van der Waals surface area contributed by atoms with E-state index in [-0.39, 0.29) is 57.0 Å². The van der Waals surface area contributed by atoms with Crippen molar-refractivity contribution in [2.75, 3.05) is 13.2 Å². The molecule has 4 unspecified atom stereocenters. The van der Waals surface area contributed by atoms with Gasteiger partial charge in [-0.25, -0.2) is 0 Å². The van der Waals surface area contributed by atoms with E-state index < -0.39 is 277 Å². The first kappa shape index (κ1) is 87.6. The van der Waals surface area contributed by atoms with Crippen molar-refractivity contribution in [2.24, 2.45) is 56.2 Å². The quantitative estimate of drug-likeness (QED) is 0.0345. The molecule has 5 saturated heterocycles. The Balaban J connectivity index is 0.891. The van der Waals surface area contributed by atoms with Crippen molar-refractivity contribution in [1.29, 1.82) is 0 Å². The van der Waals surface area contributed by atoms with Gasteiger partial charge in [-0.2, -0.15) is 0 Å². The van der Waals surface area contributed by atoms with Crippen LogP contribution in [0.15, 0.2) is 11.6 Å². The van der Waals surface area contributed by atoms with Gasteiger partial charge in [0.05, 0.1) is 81.1 Å². The first-order valence-electron chi connectivity index (χ1n) is 38.8. The van der Waals surface area contributed by atoms with Gasteiger partial charge in [-0.15, -0.1) is 0 Å². The number of hydrogen-bond acceptors (Lipinski definition) is 33. The number of aliphatic hydroxyl groups excluding tert-OH is 15. The highest BCUT2D eigenvalue weighted by Gasteiger charge is 2.74. The molecule has 0 bridgehead atoms. The van der Waals surface area contributed by atoms with Crippen LogP contribution in [0.3, 0.4) is 0 Å². The van der Waals surface area contributed by atoms with Crippen molar-refractivity contribution in [1.82, 2.24) is 0 Å². The van der Waals surface area contributed by atoms with Crippen LogP contribution in [-0.2, 0) is 85.6 Å². The maximum absolute atomic E-state index is 16.1. The molecule has 10 aliphatic rings. The summed E-state index contributed by atoms with van der Waals surface area (Å²) >= 11 is 0. The molecule has 109 heavy (non-hydrogen) atoms. The molecule has 5 aliphatic carbocycles. The molecule has 5 aliphatic heterocycles. The van der Waals surface area contributed by atoms with Gasteiger partial charge >= 0.3 is 29.8 Å². The predicted octanol–water partition coefficient (Wildman–Crippen LogP) is -0.597. The minimum absolute atomic E-state index is 0.0669. The van der Waals surface area contributed by atoms with Gasteiger partial charge in [0.1, 0.15) is 103 Å². The zero-order valence-corrected chi connectivity index (χ0v) is 64.9. The van der Waals surface area contributed by atoms with Gasteiger partial charge in [0.15, 0.2) is 31.1 Å². The lowest BCUT2D eigenvalue weighted by Crippen LogP contribution is -2.71. The second-order valence-corrected chi connectivity index (χ2v) is 35.1. The average Bonchev–Trinajstić information content (AvgIpc) is 0.667. The maximum Gasteiger partial charge on any atom is 0.317 e. The standard InChI is InChI=1S/C76H122O33/c1-31(78)23-46(82)98-32(2)24-47(83)99-33(3)25-48(84)100-34(4)26-49(85)105-62-38(8)104-69(65(59(62)94)108-68-58(93)56(91)61(37(7)103-68)106-66-60(95)63(42(80)30-97-66)107-67-57(92)54(89)52(87)36(6)102-67)109-70(96)76-20-19-71(9,10)27-40(76)39-15-16-44-73(12)28-41(79)50(64-55(90)53(88)51(86)35(5)101-64)72(11,21-22-77)43(73)17-18-74(44,13)75(39,14)29-45(76)81/h15,31-38,40-45,50-69,77-81,86-95H,16-30H2,1-14H3/t31?,32?,33?,34?,35-,36-,37-,38+,40+,41-,42+,43-,44+,45+,50+,51-,52-,53+,54+,55+,56-,57+,58+,59-,60+,61-,62-,63-,64-,65+,66-,67-,68-,69-,72-,73-,74+,75+,76+/m0/s1. The number of rotatable bonds is 23. The third-order valence-corrected chi connectivity index (χ3v) is 26.8. The number of fused-ring (bicyclic) bond motifs is 7. The molecule has 15 N–H and O–H groups in total. The van der Waals surface area contributed by atoms with Crippen molar-refractivity contribution in [2.45, 2.75) is 364 Å². The second kappa shape index (κ2) is 33.8. The minimum Gasteiger partial charge on any atom is -0.462 e. The van der Waals surface area contributed by atoms with Crippen LogP contribution in [0.2, 0.25) is 0 Å². The summed E-state index contributed by atoms with van der Waals surface area (Å²) in [6.45, 7) is 23.4. The molecule has 5 heterocycles. The summed E-state index contributed by atoms with van der Waals surface area (Å²) in [5, 5.41) is 170. The topological polar surface area (TPSA) is 509 Å². The smallest absolute Gasteiger partial charge is 0.317 e. The second-order valence-electron chi connectivity index (χ2n) is 35.1. The van der Waals surface area contributed by atoms with E-state index in [4.69, 9.17) is 61.6 Å². The van der Waals surface area contributed by atoms with Crippen LogP contribution in [-0.4, -0.2) is 304 Å². The molecule has 0 aromatic rings. The fraction of sp³-hybridized carbons (Fsp3) is 0.908. The molecule has 9 fully saturated rings. The molecule has 0 radical (unpaired) electrons. The van der Waals surface area contributed by atoms with E-state index in [1.165, 1.54) is 48.5 Å². The lowest BCUT2D eigenvalue weighted by molar-refractivity contribution is -0.380. The number of esters is 5. The van der Waals surface area contributed by atoms with Gasteiger partial charge in [0.2, 0.25) is 6.29 Å². The van der Waals surface area contributed by atoms with Gasteiger partial charge < -0.3 is 138 Å².